The predicted octanol–water partition coefficient (Wildman–Crippen LogP) is 6.87. The highest BCUT2D eigenvalue weighted by Crippen LogP contribution is 2.43. The van der Waals surface area contributed by atoms with Crippen LogP contribution in [-0.4, -0.2) is 4.92 Å². The second-order valence-electron chi connectivity index (χ2n) is 9.69. The summed E-state index contributed by atoms with van der Waals surface area (Å²) >= 11 is 0. The zero-order chi connectivity index (χ0) is 21.1. The third kappa shape index (κ3) is 4.85. The molecule has 0 saturated heterocycles. The number of nitrogen functional groups attached to an aromatic ring is 1. The summed E-state index contributed by atoms with van der Waals surface area (Å²) in [7, 11) is 0. The molecule has 30 heavy (non-hydrogen) atoms. The van der Waals surface area contributed by atoms with Gasteiger partial charge in [0.25, 0.3) is 5.69 Å². The summed E-state index contributed by atoms with van der Waals surface area (Å²) < 4.78 is 0. The van der Waals surface area contributed by atoms with E-state index in [9.17, 15) is 10.1 Å². The van der Waals surface area contributed by atoms with Crippen LogP contribution < -0.4 is 5.73 Å². The van der Waals surface area contributed by atoms with Gasteiger partial charge in [-0.3, -0.25) is 10.1 Å². The standard InChI is InChI=1S/C26H34N2O2/c1-18-2-6-20(7-3-18)22-10-12-23(13-11-22)21-8-4-19(5-9-21)16-24-14-15-25(28(29)30)17-26(24)27/h4-5,8-9,14-15,17-18,20,22-23H,2-3,6-7,10-13,16,27H2,1H3. The molecule has 0 radical (unpaired) electrons. The number of hydrogen-bond donors (Lipinski definition) is 1. The Balaban J connectivity index is 1.32. The predicted molar refractivity (Wildman–Crippen MR) is 123 cm³/mol. The molecule has 0 unspecified atom stereocenters. The summed E-state index contributed by atoms with van der Waals surface area (Å²) in [5.74, 6) is 3.58. The van der Waals surface area contributed by atoms with Crippen molar-refractivity contribution in [1.29, 1.82) is 0 Å². The molecule has 4 rings (SSSR count). The first-order chi connectivity index (χ1) is 14.5. The van der Waals surface area contributed by atoms with E-state index < -0.39 is 4.92 Å². The molecule has 2 fully saturated rings. The molecule has 0 aliphatic heterocycles. The fraction of sp³-hybridized carbons (Fsp3) is 0.538. The van der Waals surface area contributed by atoms with Crippen molar-refractivity contribution < 1.29 is 4.92 Å². The molecule has 0 bridgehead atoms. The van der Waals surface area contributed by atoms with Gasteiger partial charge < -0.3 is 5.73 Å². The number of nitrogens with two attached hydrogens (primary N) is 1. The van der Waals surface area contributed by atoms with Crippen LogP contribution in [0.5, 0.6) is 0 Å². The molecular weight excluding hydrogens is 372 g/mol. The van der Waals surface area contributed by atoms with Crippen LogP contribution in [-0.2, 0) is 6.42 Å². The summed E-state index contributed by atoms with van der Waals surface area (Å²) in [6.07, 6.45) is 11.9. The maximum absolute atomic E-state index is 10.9. The lowest BCUT2D eigenvalue weighted by molar-refractivity contribution is -0.384. The van der Waals surface area contributed by atoms with Gasteiger partial charge in [-0.1, -0.05) is 44.0 Å². The van der Waals surface area contributed by atoms with Gasteiger partial charge in [-0.05, 0) is 91.4 Å². The highest BCUT2D eigenvalue weighted by atomic mass is 16.6. The molecule has 160 valence electrons. The molecule has 2 saturated carbocycles. The van der Waals surface area contributed by atoms with Gasteiger partial charge in [0.1, 0.15) is 0 Å². The topological polar surface area (TPSA) is 69.2 Å². The number of hydrogen-bond acceptors (Lipinski definition) is 3. The van der Waals surface area contributed by atoms with Gasteiger partial charge >= 0.3 is 0 Å². The summed E-state index contributed by atoms with van der Waals surface area (Å²) in [6.45, 7) is 2.41. The number of rotatable bonds is 5. The second kappa shape index (κ2) is 9.20. The Kier molecular flexibility index (Phi) is 6.40. The van der Waals surface area contributed by atoms with Crippen molar-refractivity contribution in [3.63, 3.8) is 0 Å². The number of anilines is 1. The molecule has 0 amide bonds. The van der Waals surface area contributed by atoms with E-state index in [0.717, 1.165) is 23.3 Å². The molecule has 2 N–H and O–H groups in total. The monoisotopic (exact) mass is 406 g/mol. The van der Waals surface area contributed by atoms with Gasteiger partial charge in [0.05, 0.1) is 4.92 Å². The van der Waals surface area contributed by atoms with Gasteiger partial charge in [-0.2, -0.15) is 0 Å². The van der Waals surface area contributed by atoms with Crippen molar-refractivity contribution in [3.8, 4) is 0 Å². The average molecular weight is 407 g/mol. The Morgan fingerprint density at radius 2 is 1.50 bits per heavy atom. The number of non-ortho nitro benzene ring substituents is 1. The molecule has 0 atom stereocenters. The van der Waals surface area contributed by atoms with Crippen molar-refractivity contribution in [2.75, 3.05) is 5.73 Å². The Morgan fingerprint density at radius 3 is 2.07 bits per heavy atom. The van der Waals surface area contributed by atoms with Crippen molar-refractivity contribution in [1.82, 2.24) is 0 Å². The Hall–Kier alpha value is -2.36. The van der Waals surface area contributed by atoms with E-state index in [2.05, 4.69) is 31.2 Å². The van der Waals surface area contributed by atoms with Gasteiger partial charge in [-0.25, -0.2) is 0 Å². The van der Waals surface area contributed by atoms with Crippen molar-refractivity contribution >= 4 is 11.4 Å². The van der Waals surface area contributed by atoms with Crippen LogP contribution in [0.15, 0.2) is 42.5 Å². The zero-order valence-electron chi connectivity index (χ0n) is 18.1. The quantitative estimate of drug-likeness (QED) is 0.335. The maximum Gasteiger partial charge on any atom is 0.271 e. The normalized spacial score (nSPS) is 27.0. The van der Waals surface area contributed by atoms with Gasteiger partial charge in [0.2, 0.25) is 0 Å². The lowest BCUT2D eigenvalue weighted by Gasteiger charge is -2.37. The summed E-state index contributed by atoms with van der Waals surface area (Å²) in [6, 6.07) is 13.7. The molecule has 0 aromatic heterocycles. The lowest BCUT2D eigenvalue weighted by Crippen LogP contribution is -2.24. The van der Waals surface area contributed by atoms with Crippen LogP contribution in [0, 0.1) is 27.9 Å². The Labute approximate surface area is 180 Å². The minimum absolute atomic E-state index is 0.0462. The minimum atomic E-state index is -0.404. The molecule has 4 nitrogen and oxygen atoms in total. The average Bonchev–Trinajstić information content (AvgIpc) is 2.76. The zero-order valence-corrected chi connectivity index (χ0v) is 18.1. The SMILES string of the molecule is CC1CCC(C2CCC(c3ccc(Cc4ccc([N+](=O)[O-])cc4N)cc3)CC2)CC1. The Bertz CT molecular complexity index is 861. The van der Waals surface area contributed by atoms with E-state index in [-0.39, 0.29) is 5.69 Å². The van der Waals surface area contributed by atoms with Crippen molar-refractivity contribution in [2.45, 2.75) is 70.6 Å². The van der Waals surface area contributed by atoms with E-state index in [4.69, 9.17) is 5.73 Å². The first kappa shape index (κ1) is 20.9. The lowest BCUT2D eigenvalue weighted by atomic mass is 9.68. The van der Waals surface area contributed by atoms with Crippen LogP contribution in [0.3, 0.4) is 0 Å². The van der Waals surface area contributed by atoms with Crippen molar-refractivity contribution in [3.05, 3.63) is 69.3 Å². The largest absolute Gasteiger partial charge is 0.398 e. The first-order valence-electron chi connectivity index (χ1n) is 11.6. The van der Waals surface area contributed by atoms with Crippen molar-refractivity contribution in [2.24, 2.45) is 17.8 Å². The minimum Gasteiger partial charge on any atom is -0.398 e. The van der Waals surface area contributed by atoms with E-state index in [0.29, 0.717) is 18.0 Å². The van der Waals surface area contributed by atoms with Gasteiger partial charge in [0.15, 0.2) is 0 Å². The fourth-order valence-electron chi connectivity index (χ4n) is 5.67. The molecule has 2 aromatic rings. The molecule has 2 aliphatic carbocycles. The molecule has 0 heterocycles. The third-order valence-corrected chi connectivity index (χ3v) is 7.68. The summed E-state index contributed by atoms with van der Waals surface area (Å²) in [4.78, 5) is 10.5. The van der Waals surface area contributed by atoms with E-state index >= 15 is 0 Å². The van der Waals surface area contributed by atoms with Crippen LogP contribution in [0.2, 0.25) is 0 Å². The Morgan fingerprint density at radius 1 is 0.900 bits per heavy atom. The van der Waals surface area contributed by atoms with E-state index in [1.165, 1.54) is 74.6 Å². The highest BCUT2D eigenvalue weighted by Gasteiger charge is 2.30. The van der Waals surface area contributed by atoms with Crippen LogP contribution in [0.4, 0.5) is 11.4 Å². The highest BCUT2D eigenvalue weighted by molar-refractivity contribution is 5.55. The fourth-order valence-corrected chi connectivity index (χ4v) is 5.67. The number of nitro benzene ring substituents is 1. The number of nitro groups is 1. The maximum atomic E-state index is 10.9. The van der Waals surface area contributed by atoms with E-state index in [1.54, 1.807) is 6.07 Å². The van der Waals surface area contributed by atoms with Crippen LogP contribution >= 0.6 is 0 Å². The second-order valence-corrected chi connectivity index (χ2v) is 9.69. The smallest absolute Gasteiger partial charge is 0.271 e. The van der Waals surface area contributed by atoms with E-state index in [1.807, 2.05) is 0 Å². The summed E-state index contributed by atoms with van der Waals surface area (Å²) in [5.41, 5.74) is 10.2. The van der Waals surface area contributed by atoms with Crippen LogP contribution in [0.25, 0.3) is 0 Å². The summed E-state index contributed by atoms with van der Waals surface area (Å²) in [5, 5.41) is 10.9. The van der Waals surface area contributed by atoms with Gasteiger partial charge in [0, 0.05) is 17.8 Å². The molecule has 2 aromatic carbocycles. The first-order valence-corrected chi connectivity index (χ1v) is 11.6. The number of nitrogens with zero attached hydrogens (tertiary/aromatic N) is 1. The number of benzene rings is 2. The molecule has 0 spiro atoms. The molecule has 2 aliphatic rings. The van der Waals surface area contributed by atoms with Crippen LogP contribution in [0.1, 0.15) is 80.9 Å². The third-order valence-electron chi connectivity index (χ3n) is 7.68. The molecular formula is C26H34N2O2. The molecule has 4 heteroatoms. The van der Waals surface area contributed by atoms with Gasteiger partial charge in [-0.15, -0.1) is 0 Å².